The molecule has 9 rings (SSSR count). The van der Waals surface area contributed by atoms with Gasteiger partial charge in [0, 0.05) is 33.3 Å². The summed E-state index contributed by atoms with van der Waals surface area (Å²) < 4.78 is 4.70. The molecule has 0 spiro atoms. The Morgan fingerprint density at radius 1 is 0.370 bits per heavy atom. The van der Waals surface area contributed by atoms with E-state index in [0.717, 1.165) is 33.8 Å². The number of hydrogen-bond donors (Lipinski definition) is 0. The molecule has 0 unspecified atom stereocenters. The van der Waals surface area contributed by atoms with Gasteiger partial charge in [-0.15, -0.1) is 0 Å². The number of fused-ring (bicyclic) bond motifs is 4. The van der Waals surface area contributed by atoms with Crippen molar-refractivity contribution < 1.29 is 0 Å². The predicted octanol–water partition coefficient (Wildman–Crippen LogP) is 11.1. The third kappa shape index (κ3) is 4.25. The number of rotatable bonds is 5. The number of imidazole rings is 1. The predicted molar refractivity (Wildman–Crippen MR) is 192 cm³/mol. The summed E-state index contributed by atoms with van der Waals surface area (Å²) in [5.74, 6) is 0.921. The van der Waals surface area contributed by atoms with Crippen molar-refractivity contribution in [3.05, 3.63) is 176 Å². The van der Waals surface area contributed by atoms with Gasteiger partial charge in [0.15, 0.2) is 0 Å². The second kappa shape index (κ2) is 10.8. The van der Waals surface area contributed by atoms with Gasteiger partial charge < -0.3 is 4.57 Å². The van der Waals surface area contributed by atoms with Crippen LogP contribution >= 0.6 is 0 Å². The summed E-state index contributed by atoms with van der Waals surface area (Å²) in [6, 6.07) is 62.6. The molecule has 0 N–H and O–H groups in total. The number of nitrogens with zero attached hydrogens (tertiary/aromatic N) is 3. The van der Waals surface area contributed by atoms with E-state index in [9.17, 15) is 0 Å². The molecule has 0 atom stereocenters. The van der Waals surface area contributed by atoms with Gasteiger partial charge in [-0.05, 0) is 71.3 Å². The third-order valence-electron chi connectivity index (χ3n) is 8.90. The normalized spacial score (nSPS) is 11.5. The van der Waals surface area contributed by atoms with E-state index in [0.29, 0.717) is 0 Å². The van der Waals surface area contributed by atoms with Crippen LogP contribution in [0.5, 0.6) is 0 Å². The van der Waals surface area contributed by atoms with Crippen LogP contribution in [0.2, 0.25) is 0 Å². The Hall–Kier alpha value is -6.19. The molecule has 0 aliphatic rings. The minimum Gasteiger partial charge on any atom is -0.309 e. The molecule has 0 amide bonds. The summed E-state index contributed by atoms with van der Waals surface area (Å²) in [6.07, 6.45) is 0. The van der Waals surface area contributed by atoms with Crippen molar-refractivity contribution in [2.45, 2.75) is 0 Å². The molecule has 2 aromatic heterocycles. The highest BCUT2D eigenvalue weighted by Gasteiger charge is 2.20. The van der Waals surface area contributed by atoms with Crippen LogP contribution in [0.15, 0.2) is 176 Å². The number of para-hydroxylation sites is 4. The van der Waals surface area contributed by atoms with E-state index in [2.05, 4.69) is 185 Å². The SMILES string of the molecule is c1ccc(-c2cc(-c3ccccc3)c3c(c2)c2ccccc2n3-c2cccc(-c3nc4ccccc4n3-c3ccccc3)c2)cc1. The van der Waals surface area contributed by atoms with E-state index in [1.165, 1.54) is 44.1 Å². The molecule has 46 heavy (non-hydrogen) atoms. The third-order valence-corrected chi connectivity index (χ3v) is 8.90. The van der Waals surface area contributed by atoms with Crippen LogP contribution in [0.1, 0.15) is 0 Å². The Bertz CT molecular complexity index is 2510. The topological polar surface area (TPSA) is 22.8 Å². The second-order valence-corrected chi connectivity index (χ2v) is 11.6. The maximum absolute atomic E-state index is 5.17. The second-order valence-electron chi connectivity index (χ2n) is 11.6. The first-order chi connectivity index (χ1) is 22.8. The smallest absolute Gasteiger partial charge is 0.145 e. The Kier molecular flexibility index (Phi) is 6.14. The molecule has 3 heteroatoms. The minimum atomic E-state index is 0.921. The molecule has 0 fully saturated rings. The lowest BCUT2D eigenvalue weighted by atomic mass is 9.95. The summed E-state index contributed by atoms with van der Waals surface area (Å²) in [6.45, 7) is 0. The van der Waals surface area contributed by atoms with Crippen molar-refractivity contribution in [2.24, 2.45) is 0 Å². The molecule has 9 aromatic rings. The van der Waals surface area contributed by atoms with Crippen LogP contribution in [0.4, 0.5) is 0 Å². The van der Waals surface area contributed by atoms with Gasteiger partial charge in [0.05, 0.1) is 22.1 Å². The Balaban J connectivity index is 1.34. The highest BCUT2D eigenvalue weighted by molar-refractivity contribution is 6.15. The van der Waals surface area contributed by atoms with Gasteiger partial charge in [-0.25, -0.2) is 4.98 Å². The first-order valence-corrected chi connectivity index (χ1v) is 15.7. The fourth-order valence-corrected chi connectivity index (χ4v) is 6.84. The van der Waals surface area contributed by atoms with E-state index in [4.69, 9.17) is 4.98 Å². The lowest BCUT2D eigenvalue weighted by molar-refractivity contribution is 1.10. The molecule has 0 aliphatic heterocycles. The van der Waals surface area contributed by atoms with Crippen LogP contribution in [0.25, 0.3) is 77.9 Å². The molecule has 2 heterocycles. The molecule has 0 saturated carbocycles. The maximum atomic E-state index is 5.17. The summed E-state index contributed by atoms with van der Waals surface area (Å²) in [7, 11) is 0. The number of aromatic nitrogens is 3. The van der Waals surface area contributed by atoms with Crippen LogP contribution < -0.4 is 0 Å². The van der Waals surface area contributed by atoms with E-state index >= 15 is 0 Å². The van der Waals surface area contributed by atoms with Crippen molar-refractivity contribution in [3.63, 3.8) is 0 Å². The zero-order valence-corrected chi connectivity index (χ0v) is 25.1. The molecule has 0 bridgehead atoms. The Labute approximate surface area is 267 Å². The van der Waals surface area contributed by atoms with Crippen LogP contribution in [0, 0.1) is 0 Å². The fraction of sp³-hybridized carbons (Fsp3) is 0. The van der Waals surface area contributed by atoms with Gasteiger partial charge in [-0.1, -0.05) is 121 Å². The van der Waals surface area contributed by atoms with Gasteiger partial charge in [-0.3, -0.25) is 4.57 Å². The van der Waals surface area contributed by atoms with Crippen LogP contribution in [0.3, 0.4) is 0 Å². The number of benzene rings is 7. The maximum Gasteiger partial charge on any atom is 0.145 e. The lowest BCUT2D eigenvalue weighted by Crippen LogP contribution is -1.99. The largest absolute Gasteiger partial charge is 0.309 e. The summed E-state index contributed by atoms with van der Waals surface area (Å²) in [5, 5.41) is 2.46. The average Bonchev–Trinajstić information content (AvgIpc) is 3.69. The van der Waals surface area contributed by atoms with Crippen molar-refractivity contribution in [1.82, 2.24) is 14.1 Å². The molecular weight excluding hydrogens is 558 g/mol. The lowest BCUT2D eigenvalue weighted by Gasteiger charge is -2.15. The summed E-state index contributed by atoms with van der Waals surface area (Å²) in [4.78, 5) is 5.17. The Morgan fingerprint density at radius 2 is 0.978 bits per heavy atom. The van der Waals surface area contributed by atoms with Crippen molar-refractivity contribution in [3.8, 4) is 45.0 Å². The molecule has 7 aromatic carbocycles. The quantitative estimate of drug-likeness (QED) is 0.196. The molecular formula is C43H29N3. The summed E-state index contributed by atoms with van der Waals surface area (Å²) >= 11 is 0. The first-order valence-electron chi connectivity index (χ1n) is 15.7. The molecule has 3 nitrogen and oxygen atoms in total. The monoisotopic (exact) mass is 587 g/mol. The standard InChI is InChI=1S/C43H29N3/c1-4-15-30(16-5-1)33-28-37(31-17-6-2-7-18-31)42-38(29-33)36-23-10-12-25-40(36)45(42)35-22-14-19-32(27-35)43-44-39-24-11-13-26-41(39)46(43)34-20-8-3-9-21-34/h1-29H. The van der Waals surface area contributed by atoms with E-state index in [1.807, 2.05) is 0 Å². The van der Waals surface area contributed by atoms with E-state index in [-0.39, 0.29) is 0 Å². The molecule has 0 radical (unpaired) electrons. The molecule has 216 valence electrons. The highest BCUT2D eigenvalue weighted by Crippen LogP contribution is 2.41. The number of hydrogen-bond acceptors (Lipinski definition) is 1. The van der Waals surface area contributed by atoms with Gasteiger partial charge >= 0.3 is 0 Å². The van der Waals surface area contributed by atoms with E-state index in [1.54, 1.807) is 0 Å². The van der Waals surface area contributed by atoms with Gasteiger partial charge in [0.1, 0.15) is 5.82 Å². The van der Waals surface area contributed by atoms with Crippen molar-refractivity contribution >= 4 is 32.8 Å². The molecule has 0 aliphatic carbocycles. The van der Waals surface area contributed by atoms with Crippen molar-refractivity contribution in [2.75, 3.05) is 0 Å². The highest BCUT2D eigenvalue weighted by atomic mass is 15.1. The summed E-state index contributed by atoms with van der Waals surface area (Å²) in [5.41, 5.74) is 12.5. The van der Waals surface area contributed by atoms with Gasteiger partial charge in [0.2, 0.25) is 0 Å². The zero-order valence-electron chi connectivity index (χ0n) is 25.1. The Morgan fingerprint density at radius 3 is 1.76 bits per heavy atom. The molecule has 0 saturated heterocycles. The van der Waals surface area contributed by atoms with Crippen molar-refractivity contribution in [1.29, 1.82) is 0 Å². The van der Waals surface area contributed by atoms with Crippen LogP contribution in [-0.2, 0) is 0 Å². The zero-order chi connectivity index (χ0) is 30.5. The fourth-order valence-electron chi connectivity index (χ4n) is 6.84. The van der Waals surface area contributed by atoms with E-state index < -0.39 is 0 Å². The average molecular weight is 588 g/mol. The first kappa shape index (κ1) is 26.2. The van der Waals surface area contributed by atoms with Crippen LogP contribution in [-0.4, -0.2) is 14.1 Å². The minimum absolute atomic E-state index is 0.921. The van der Waals surface area contributed by atoms with Gasteiger partial charge in [0.25, 0.3) is 0 Å². The van der Waals surface area contributed by atoms with Gasteiger partial charge in [-0.2, -0.15) is 0 Å².